The Kier molecular flexibility index (Phi) is 1.58. The lowest BCUT2D eigenvalue weighted by Crippen LogP contribution is -2.36. The third-order valence-corrected chi connectivity index (χ3v) is 1.90. The Labute approximate surface area is 75.1 Å². The molecule has 2 heterocycles. The minimum absolute atomic E-state index is 0.0646. The molecular weight excluding hydrogens is 170 g/mol. The number of ether oxygens (including phenoxy) is 1. The predicted molar refractivity (Wildman–Crippen MR) is 47.6 cm³/mol. The van der Waals surface area contributed by atoms with Gasteiger partial charge in [0.25, 0.3) is 5.91 Å². The average molecular weight is 179 g/mol. The number of pyridine rings is 1. The predicted octanol–water partition coefficient (Wildman–Crippen LogP) is 0.0190. The quantitative estimate of drug-likeness (QED) is 0.609. The van der Waals surface area contributed by atoms with Gasteiger partial charge in [0.2, 0.25) is 0 Å². The van der Waals surface area contributed by atoms with Gasteiger partial charge in [-0.15, -0.1) is 0 Å². The molecule has 0 bridgehead atoms. The van der Waals surface area contributed by atoms with Crippen molar-refractivity contribution >= 4 is 17.5 Å². The van der Waals surface area contributed by atoms with Crippen LogP contribution in [0, 0.1) is 0 Å². The molecule has 13 heavy (non-hydrogen) atoms. The van der Waals surface area contributed by atoms with Gasteiger partial charge in [-0.05, 0) is 12.1 Å². The van der Waals surface area contributed by atoms with E-state index in [4.69, 9.17) is 10.5 Å². The van der Waals surface area contributed by atoms with Gasteiger partial charge in [0.15, 0.2) is 18.2 Å². The largest absolute Gasteiger partial charge is 0.480 e. The van der Waals surface area contributed by atoms with Crippen molar-refractivity contribution in [2.24, 2.45) is 0 Å². The van der Waals surface area contributed by atoms with Crippen molar-refractivity contribution < 1.29 is 9.53 Å². The van der Waals surface area contributed by atoms with Gasteiger partial charge in [-0.2, -0.15) is 0 Å². The first-order valence-electron chi connectivity index (χ1n) is 3.84. The maximum absolute atomic E-state index is 11.2. The summed E-state index contributed by atoms with van der Waals surface area (Å²) in [7, 11) is 1.65. The van der Waals surface area contributed by atoms with E-state index in [-0.39, 0.29) is 12.5 Å². The van der Waals surface area contributed by atoms with Crippen LogP contribution in [0.4, 0.5) is 11.6 Å². The van der Waals surface area contributed by atoms with Crippen LogP contribution < -0.4 is 15.4 Å². The summed E-state index contributed by atoms with van der Waals surface area (Å²) >= 11 is 0. The van der Waals surface area contributed by atoms with Crippen LogP contribution in [0.5, 0.6) is 5.75 Å². The monoisotopic (exact) mass is 179 g/mol. The van der Waals surface area contributed by atoms with Gasteiger partial charge >= 0.3 is 0 Å². The Bertz CT molecular complexity index is 364. The van der Waals surface area contributed by atoms with Gasteiger partial charge in [-0.3, -0.25) is 9.69 Å². The van der Waals surface area contributed by atoms with E-state index in [0.717, 1.165) is 0 Å². The lowest BCUT2D eigenvalue weighted by molar-refractivity contribution is -0.121. The molecule has 0 aliphatic carbocycles. The molecule has 1 aliphatic rings. The summed E-state index contributed by atoms with van der Waals surface area (Å²) in [6.45, 7) is 0.0646. The number of likely N-dealkylation sites (N-methyl/N-ethyl adjacent to an activating group) is 1. The van der Waals surface area contributed by atoms with Gasteiger partial charge in [0.05, 0.1) is 0 Å². The highest BCUT2D eigenvalue weighted by atomic mass is 16.5. The lowest BCUT2D eigenvalue weighted by Gasteiger charge is -2.24. The highest BCUT2D eigenvalue weighted by molar-refractivity contribution is 5.96. The second kappa shape index (κ2) is 2.62. The zero-order valence-electron chi connectivity index (χ0n) is 7.15. The number of carbonyl (C=O) groups excluding carboxylic acids is 1. The number of amides is 1. The van der Waals surface area contributed by atoms with Gasteiger partial charge in [0.1, 0.15) is 5.82 Å². The summed E-state index contributed by atoms with van der Waals surface area (Å²) in [5, 5.41) is 0. The standard InChI is InChI=1S/C8H9N3O2/c1-11-7(12)4-13-5-2-3-6(9)10-8(5)11/h2-3H,4H2,1H3,(H2,9,10). The van der Waals surface area contributed by atoms with Crippen molar-refractivity contribution in [2.75, 3.05) is 24.3 Å². The van der Waals surface area contributed by atoms with Crippen molar-refractivity contribution in [3.63, 3.8) is 0 Å². The Morgan fingerprint density at radius 2 is 2.38 bits per heavy atom. The van der Waals surface area contributed by atoms with E-state index in [2.05, 4.69) is 4.98 Å². The number of rotatable bonds is 0. The molecule has 0 spiro atoms. The number of nitrogens with two attached hydrogens (primary N) is 1. The molecule has 1 aromatic rings. The van der Waals surface area contributed by atoms with E-state index in [9.17, 15) is 4.79 Å². The minimum Gasteiger partial charge on any atom is -0.480 e. The molecule has 1 amide bonds. The van der Waals surface area contributed by atoms with Crippen LogP contribution in [0.25, 0.3) is 0 Å². The van der Waals surface area contributed by atoms with Gasteiger partial charge in [-0.1, -0.05) is 0 Å². The topological polar surface area (TPSA) is 68.5 Å². The summed E-state index contributed by atoms with van der Waals surface area (Å²) < 4.78 is 5.15. The second-order valence-electron chi connectivity index (χ2n) is 2.80. The van der Waals surface area contributed by atoms with Crippen LogP contribution >= 0.6 is 0 Å². The van der Waals surface area contributed by atoms with Gasteiger partial charge in [-0.25, -0.2) is 4.98 Å². The molecular formula is C8H9N3O2. The maximum atomic E-state index is 11.2. The van der Waals surface area contributed by atoms with Crippen LogP contribution in [0.3, 0.4) is 0 Å². The Hall–Kier alpha value is -1.78. The van der Waals surface area contributed by atoms with Crippen molar-refractivity contribution in [2.45, 2.75) is 0 Å². The molecule has 68 valence electrons. The smallest absolute Gasteiger partial charge is 0.265 e. The number of anilines is 2. The highest BCUT2D eigenvalue weighted by Gasteiger charge is 2.23. The third kappa shape index (κ3) is 1.18. The average Bonchev–Trinajstić information content (AvgIpc) is 2.12. The normalized spacial score (nSPS) is 15.2. The number of nitrogen functional groups attached to an aromatic ring is 1. The van der Waals surface area contributed by atoms with Crippen LogP contribution in [0.2, 0.25) is 0 Å². The van der Waals surface area contributed by atoms with E-state index in [0.29, 0.717) is 17.4 Å². The number of nitrogens with zero attached hydrogens (tertiary/aromatic N) is 2. The van der Waals surface area contributed by atoms with E-state index >= 15 is 0 Å². The molecule has 5 heteroatoms. The second-order valence-corrected chi connectivity index (χ2v) is 2.80. The number of aromatic nitrogens is 1. The Balaban J connectivity index is 2.51. The third-order valence-electron chi connectivity index (χ3n) is 1.90. The first-order valence-corrected chi connectivity index (χ1v) is 3.84. The van der Waals surface area contributed by atoms with Gasteiger partial charge < -0.3 is 10.5 Å². The van der Waals surface area contributed by atoms with Crippen LogP contribution in [0.15, 0.2) is 12.1 Å². The minimum atomic E-state index is -0.120. The molecule has 0 atom stereocenters. The molecule has 0 fully saturated rings. The van der Waals surface area contributed by atoms with Crippen molar-refractivity contribution in [1.82, 2.24) is 4.98 Å². The van der Waals surface area contributed by atoms with Crippen LogP contribution in [-0.4, -0.2) is 24.5 Å². The Morgan fingerprint density at radius 3 is 3.15 bits per heavy atom. The number of hydrogen-bond acceptors (Lipinski definition) is 4. The fraction of sp³-hybridized carbons (Fsp3) is 0.250. The molecule has 0 saturated carbocycles. The van der Waals surface area contributed by atoms with Crippen molar-refractivity contribution in [1.29, 1.82) is 0 Å². The van der Waals surface area contributed by atoms with E-state index in [1.165, 1.54) is 4.90 Å². The SMILES string of the molecule is CN1C(=O)COc2ccc(N)nc21. The van der Waals surface area contributed by atoms with Crippen molar-refractivity contribution in [3.05, 3.63) is 12.1 Å². The fourth-order valence-corrected chi connectivity index (χ4v) is 1.16. The molecule has 1 aliphatic heterocycles. The molecule has 2 N–H and O–H groups in total. The molecule has 5 nitrogen and oxygen atoms in total. The summed E-state index contributed by atoms with van der Waals surface area (Å²) in [5.41, 5.74) is 5.48. The van der Waals surface area contributed by atoms with Gasteiger partial charge in [0, 0.05) is 7.05 Å². The van der Waals surface area contributed by atoms with Crippen molar-refractivity contribution in [3.8, 4) is 5.75 Å². The van der Waals surface area contributed by atoms with E-state index < -0.39 is 0 Å². The molecule has 1 aromatic heterocycles. The lowest BCUT2D eigenvalue weighted by atomic mass is 10.3. The molecule has 0 aromatic carbocycles. The zero-order chi connectivity index (χ0) is 9.42. The maximum Gasteiger partial charge on any atom is 0.265 e. The molecule has 0 unspecified atom stereocenters. The first-order chi connectivity index (χ1) is 6.18. The summed E-state index contributed by atoms with van der Waals surface area (Å²) in [6, 6.07) is 3.35. The summed E-state index contributed by atoms with van der Waals surface area (Å²) in [4.78, 5) is 16.6. The van der Waals surface area contributed by atoms with Crippen LogP contribution in [-0.2, 0) is 4.79 Å². The van der Waals surface area contributed by atoms with Crippen LogP contribution in [0.1, 0.15) is 0 Å². The number of fused-ring (bicyclic) bond motifs is 1. The summed E-state index contributed by atoms with van der Waals surface area (Å²) in [6.07, 6.45) is 0. The van der Waals surface area contributed by atoms with E-state index in [1.807, 2.05) is 0 Å². The summed E-state index contributed by atoms with van der Waals surface area (Å²) in [5.74, 6) is 1.34. The molecule has 2 rings (SSSR count). The zero-order valence-corrected chi connectivity index (χ0v) is 7.15. The first kappa shape index (κ1) is 7.85. The number of hydrogen-bond donors (Lipinski definition) is 1. The molecule has 0 saturated heterocycles. The molecule has 0 radical (unpaired) electrons. The number of carbonyl (C=O) groups is 1. The van der Waals surface area contributed by atoms with E-state index in [1.54, 1.807) is 19.2 Å². The Morgan fingerprint density at radius 1 is 1.62 bits per heavy atom. The fourth-order valence-electron chi connectivity index (χ4n) is 1.16. The highest BCUT2D eigenvalue weighted by Crippen LogP contribution is 2.29.